The molecule has 0 radical (unpaired) electrons. The van der Waals surface area contributed by atoms with Gasteiger partial charge in [0.25, 0.3) is 0 Å². The lowest BCUT2D eigenvalue weighted by Crippen LogP contribution is -2.27. The molecule has 0 bridgehead atoms. The van der Waals surface area contributed by atoms with E-state index in [0.717, 1.165) is 25.3 Å². The van der Waals surface area contributed by atoms with Gasteiger partial charge in [0.1, 0.15) is 0 Å². The second kappa shape index (κ2) is 10.3. The van der Waals surface area contributed by atoms with E-state index < -0.39 is 0 Å². The monoisotopic (exact) mass is 352 g/mol. The third kappa shape index (κ3) is 7.04. The summed E-state index contributed by atoms with van der Waals surface area (Å²) in [6, 6.07) is 17.5. The lowest BCUT2D eigenvalue weighted by Gasteiger charge is -2.20. The maximum absolute atomic E-state index is 12.0. The summed E-state index contributed by atoms with van der Waals surface area (Å²) in [7, 11) is 0. The number of halogens is 2. The minimum Gasteiger partial charge on any atom is -0.326 e. The molecule has 0 unspecified atom stereocenters. The van der Waals surface area contributed by atoms with Crippen LogP contribution in [0, 0.1) is 0 Å². The summed E-state index contributed by atoms with van der Waals surface area (Å²) in [5, 5.41) is 3.50. The molecule has 2 rings (SSSR count). The number of benzene rings is 2. The average molecular weight is 353 g/mol. The minimum absolute atomic E-state index is 0. The van der Waals surface area contributed by atoms with Crippen LogP contribution < -0.4 is 5.32 Å². The summed E-state index contributed by atoms with van der Waals surface area (Å²) in [6.07, 6.45) is 0.465. The molecule has 0 saturated carbocycles. The quantitative estimate of drug-likeness (QED) is 0.788. The number of rotatable bonds is 7. The molecule has 1 amide bonds. The predicted molar refractivity (Wildman–Crippen MR) is 99.3 cm³/mol. The normalized spacial score (nSPS) is 10.2. The summed E-state index contributed by atoms with van der Waals surface area (Å²) in [5.41, 5.74) is 2.00. The molecule has 0 aliphatic heterocycles. The third-order valence-electron chi connectivity index (χ3n) is 3.46. The summed E-state index contributed by atoms with van der Waals surface area (Å²) in [6.45, 7) is 4.62. The zero-order chi connectivity index (χ0) is 15.8. The molecule has 0 saturated heterocycles. The highest BCUT2D eigenvalue weighted by Gasteiger charge is 2.08. The van der Waals surface area contributed by atoms with Crippen molar-refractivity contribution in [2.45, 2.75) is 19.9 Å². The lowest BCUT2D eigenvalue weighted by molar-refractivity contribution is -0.116. The van der Waals surface area contributed by atoms with Crippen LogP contribution in [0.25, 0.3) is 0 Å². The highest BCUT2D eigenvalue weighted by Crippen LogP contribution is 2.15. The van der Waals surface area contributed by atoms with Crippen molar-refractivity contribution < 1.29 is 4.79 Å². The molecule has 0 aliphatic rings. The maximum Gasteiger partial charge on any atom is 0.225 e. The Hall–Kier alpha value is -1.55. The first-order valence-corrected chi connectivity index (χ1v) is 7.87. The van der Waals surface area contributed by atoms with Gasteiger partial charge in [0.2, 0.25) is 5.91 Å². The predicted octanol–water partition coefficient (Wildman–Crippen LogP) is 4.61. The van der Waals surface area contributed by atoms with Gasteiger partial charge in [0, 0.05) is 30.2 Å². The van der Waals surface area contributed by atoms with Crippen LogP contribution in [0.1, 0.15) is 18.9 Å². The van der Waals surface area contributed by atoms with E-state index in [1.165, 1.54) is 5.56 Å². The number of carbonyl (C=O) groups is 1. The number of nitrogens with one attached hydrogen (secondary N) is 1. The van der Waals surface area contributed by atoms with E-state index in [0.29, 0.717) is 11.4 Å². The molecule has 0 aromatic heterocycles. The zero-order valence-electron chi connectivity index (χ0n) is 13.2. The first kappa shape index (κ1) is 19.5. The van der Waals surface area contributed by atoms with E-state index in [4.69, 9.17) is 11.6 Å². The number of hydrogen-bond acceptors (Lipinski definition) is 2. The number of amides is 1. The van der Waals surface area contributed by atoms with Gasteiger partial charge in [0.05, 0.1) is 0 Å². The molecular formula is C18H22Cl2N2O. The summed E-state index contributed by atoms with van der Waals surface area (Å²) < 4.78 is 0. The summed E-state index contributed by atoms with van der Waals surface area (Å²) in [5.74, 6) is 0.00813. The van der Waals surface area contributed by atoms with Crippen LogP contribution in [-0.2, 0) is 11.3 Å². The Kier molecular flexibility index (Phi) is 8.70. The van der Waals surface area contributed by atoms with Crippen LogP contribution in [0.4, 0.5) is 5.69 Å². The second-order valence-corrected chi connectivity index (χ2v) is 5.60. The van der Waals surface area contributed by atoms with E-state index in [1.54, 1.807) is 12.1 Å². The fourth-order valence-electron chi connectivity index (χ4n) is 2.24. The van der Waals surface area contributed by atoms with E-state index in [9.17, 15) is 4.79 Å². The Labute approximate surface area is 149 Å². The second-order valence-electron chi connectivity index (χ2n) is 5.16. The number of carbonyl (C=O) groups excluding carboxylic acids is 1. The van der Waals surface area contributed by atoms with E-state index in [-0.39, 0.29) is 18.3 Å². The molecule has 1 N–H and O–H groups in total. The first-order valence-electron chi connectivity index (χ1n) is 7.49. The van der Waals surface area contributed by atoms with E-state index in [1.807, 2.05) is 30.3 Å². The average Bonchev–Trinajstić information content (AvgIpc) is 2.52. The Balaban J connectivity index is 0.00000264. The van der Waals surface area contributed by atoms with Crippen LogP contribution in [-0.4, -0.2) is 23.9 Å². The molecule has 0 atom stereocenters. The first-order chi connectivity index (χ1) is 10.7. The Bertz CT molecular complexity index is 605. The van der Waals surface area contributed by atoms with Gasteiger partial charge in [-0.2, -0.15) is 0 Å². The SMILES string of the molecule is CCN(CCC(=O)Nc1cccc(Cl)c1)Cc1ccccc1.Cl. The van der Waals surface area contributed by atoms with Gasteiger partial charge in [-0.15, -0.1) is 12.4 Å². The van der Waals surface area contributed by atoms with E-state index >= 15 is 0 Å². The van der Waals surface area contributed by atoms with Crippen molar-refractivity contribution in [1.29, 1.82) is 0 Å². The van der Waals surface area contributed by atoms with Gasteiger partial charge >= 0.3 is 0 Å². The van der Waals surface area contributed by atoms with E-state index in [2.05, 4.69) is 29.3 Å². The molecule has 2 aromatic rings. The zero-order valence-corrected chi connectivity index (χ0v) is 14.7. The Morgan fingerprint density at radius 2 is 1.87 bits per heavy atom. The maximum atomic E-state index is 12.0. The van der Waals surface area contributed by atoms with Gasteiger partial charge in [-0.1, -0.05) is 54.9 Å². The Morgan fingerprint density at radius 1 is 1.13 bits per heavy atom. The van der Waals surface area contributed by atoms with Gasteiger partial charge in [-0.3, -0.25) is 9.69 Å². The van der Waals surface area contributed by atoms with Gasteiger partial charge in [-0.25, -0.2) is 0 Å². The summed E-state index contributed by atoms with van der Waals surface area (Å²) >= 11 is 5.91. The molecule has 23 heavy (non-hydrogen) atoms. The number of hydrogen-bond donors (Lipinski definition) is 1. The van der Waals surface area contributed by atoms with Crippen LogP contribution in [0.15, 0.2) is 54.6 Å². The van der Waals surface area contributed by atoms with Crippen molar-refractivity contribution >= 4 is 35.6 Å². The number of anilines is 1. The van der Waals surface area contributed by atoms with Gasteiger partial charge in [0.15, 0.2) is 0 Å². The van der Waals surface area contributed by atoms with Crippen LogP contribution in [0.2, 0.25) is 5.02 Å². The molecule has 124 valence electrons. The molecule has 2 aromatic carbocycles. The van der Waals surface area contributed by atoms with Crippen molar-refractivity contribution in [3.63, 3.8) is 0 Å². The van der Waals surface area contributed by atoms with Crippen molar-refractivity contribution in [2.75, 3.05) is 18.4 Å². The van der Waals surface area contributed by atoms with Crippen molar-refractivity contribution in [3.8, 4) is 0 Å². The molecule has 0 fully saturated rings. The van der Waals surface area contributed by atoms with Gasteiger partial charge in [-0.05, 0) is 30.3 Å². The van der Waals surface area contributed by atoms with Crippen LogP contribution >= 0.6 is 24.0 Å². The molecule has 0 spiro atoms. The fraction of sp³-hybridized carbons (Fsp3) is 0.278. The third-order valence-corrected chi connectivity index (χ3v) is 3.69. The Morgan fingerprint density at radius 3 is 2.52 bits per heavy atom. The highest BCUT2D eigenvalue weighted by molar-refractivity contribution is 6.30. The summed E-state index contributed by atoms with van der Waals surface area (Å²) in [4.78, 5) is 14.3. The van der Waals surface area contributed by atoms with Crippen molar-refractivity contribution in [3.05, 3.63) is 65.2 Å². The number of nitrogens with zero attached hydrogens (tertiary/aromatic N) is 1. The largest absolute Gasteiger partial charge is 0.326 e. The van der Waals surface area contributed by atoms with Crippen molar-refractivity contribution in [1.82, 2.24) is 4.90 Å². The van der Waals surface area contributed by atoms with Crippen LogP contribution in [0.3, 0.4) is 0 Å². The molecule has 0 heterocycles. The molecule has 3 nitrogen and oxygen atoms in total. The molecule has 5 heteroatoms. The fourth-order valence-corrected chi connectivity index (χ4v) is 2.43. The van der Waals surface area contributed by atoms with Crippen LogP contribution in [0.5, 0.6) is 0 Å². The van der Waals surface area contributed by atoms with Gasteiger partial charge < -0.3 is 5.32 Å². The highest BCUT2D eigenvalue weighted by atomic mass is 35.5. The standard InChI is InChI=1S/C18H21ClN2O.ClH/c1-2-21(14-15-7-4-3-5-8-15)12-11-18(22)20-17-10-6-9-16(19)13-17;/h3-10,13H,2,11-12,14H2,1H3,(H,20,22);1H. The topological polar surface area (TPSA) is 32.3 Å². The smallest absolute Gasteiger partial charge is 0.225 e. The molecule has 0 aliphatic carbocycles. The minimum atomic E-state index is 0. The molecular weight excluding hydrogens is 331 g/mol. The van der Waals surface area contributed by atoms with Crippen molar-refractivity contribution in [2.24, 2.45) is 0 Å². The lowest BCUT2D eigenvalue weighted by atomic mass is 10.2.